The highest BCUT2D eigenvalue weighted by molar-refractivity contribution is 5.87. The van der Waals surface area contributed by atoms with Crippen molar-refractivity contribution in [1.82, 2.24) is 9.97 Å². The van der Waals surface area contributed by atoms with Crippen molar-refractivity contribution in [2.45, 2.75) is 12.6 Å². The number of esters is 1. The number of rotatable bonds is 4. The normalized spacial score (nSPS) is 11.2. The maximum Gasteiger partial charge on any atom is 0.390 e. The molecule has 0 aromatic carbocycles. The number of nitrogens with zero attached hydrogens (tertiary/aromatic N) is 3. The summed E-state index contributed by atoms with van der Waals surface area (Å²) in [6.45, 7) is -0.261. The van der Waals surface area contributed by atoms with E-state index >= 15 is 0 Å². The van der Waals surface area contributed by atoms with Crippen LogP contribution in [0.3, 0.4) is 0 Å². The quantitative estimate of drug-likeness (QED) is 0.773. The minimum absolute atomic E-state index is 0.0474. The van der Waals surface area contributed by atoms with E-state index in [1.165, 1.54) is 31.5 Å². The molecule has 0 unspecified atom stereocenters. The predicted octanol–water partition coefficient (Wildman–Crippen LogP) is 1.65. The molecule has 0 saturated carbocycles. The van der Waals surface area contributed by atoms with E-state index in [4.69, 9.17) is 0 Å². The van der Waals surface area contributed by atoms with Crippen LogP contribution in [0.25, 0.3) is 0 Å². The summed E-state index contributed by atoms with van der Waals surface area (Å²) < 4.78 is 40.6. The lowest BCUT2D eigenvalue weighted by atomic mass is 10.4. The van der Waals surface area contributed by atoms with Gasteiger partial charge in [0.05, 0.1) is 25.9 Å². The summed E-state index contributed by atoms with van der Waals surface area (Å²) in [6.07, 6.45) is -2.73. The van der Waals surface area contributed by atoms with Crippen molar-refractivity contribution < 1.29 is 22.7 Å². The molecule has 0 amide bonds. The Bertz CT molecular complexity index is 423. The van der Waals surface area contributed by atoms with Crippen LogP contribution < -0.4 is 4.90 Å². The Balaban J connectivity index is 2.74. The summed E-state index contributed by atoms with van der Waals surface area (Å²) in [5.74, 6) is -0.504. The van der Waals surface area contributed by atoms with Crippen LogP contribution in [0.1, 0.15) is 16.9 Å². The van der Waals surface area contributed by atoms with E-state index in [0.29, 0.717) is 0 Å². The second kappa shape index (κ2) is 5.65. The van der Waals surface area contributed by atoms with E-state index in [-0.39, 0.29) is 18.1 Å². The third kappa shape index (κ3) is 4.19. The van der Waals surface area contributed by atoms with Crippen molar-refractivity contribution in [3.63, 3.8) is 0 Å². The molecule has 0 saturated heterocycles. The van der Waals surface area contributed by atoms with Gasteiger partial charge in [-0.15, -0.1) is 0 Å². The molecular weight excluding hydrogens is 251 g/mol. The zero-order chi connectivity index (χ0) is 13.8. The van der Waals surface area contributed by atoms with E-state index in [9.17, 15) is 18.0 Å². The van der Waals surface area contributed by atoms with Crippen LogP contribution in [0.15, 0.2) is 12.4 Å². The molecule has 1 heterocycles. The highest BCUT2D eigenvalue weighted by Gasteiger charge is 2.27. The molecule has 0 aliphatic heterocycles. The summed E-state index contributed by atoms with van der Waals surface area (Å²) in [5, 5.41) is 0. The summed E-state index contributed by atoms with van der Waals surface area (Å²) in [5.41, 5.74) is -0.0474. The van der Waals surface area contributed by atoms with Gasteiger partial charge in [0.1, 0.15) is 5.82 Å². The lowest BCUT2D eigenvalue weighted by molar-refractivity contribution is -0.132. The van der Waals surface area contributed by atoms with Crippen LogP contribution in [0.5, 0.6) is 0 Å². The van der Waals surface area contributed by atoms with Gasteiger partial charge in [-0.25, -0.2) is 9.78 Å². The SMILES string of the molecule is COC(=O)c1cncc(N(C)CCC(F)(F)F)n1. The minimum atomic E-state index is -4.23. The van der Waals surface area contributed by atoms with E-state index in [2.05, 4.69) is 14.7 Å². The average molecular weight is 263 g/mol. The van der Waals surface area contributed by atoms with Crippen LogP contribution in [-0.4, -0.2) is 42.8 Å². The number of hydrogen-bond donors (Lipinski definition) is 0. The van der Waals surface area contributed by atoms with Crippen LogP contribution in [0.4, 0.5) is 19.0 Å². The van der Waals surface area contributed by atoms with Crippen LogP contribution in [0, 0.1) is 0 Å². The number of ether oxygens (including phenoxy) is 1. The Hall–Kier alpha value is -1.86. The smallest absolute Gasteiger partial charge is 0.390 e. The van der Waals surface area contributed by atoms with Crippen molar-refractivity contribution in [1.29, 1.82) is 0 Å². The summed E-state index contributed by atoms with van der Waals surface area (Å²) >= 11 is 0. The molecule has 0 aliphatic carbocycles. The lowest BCUT2D eigenvalue weighted by Crippen LogP contribution is -2.25. The van der Waals surface area contributed by atoms with Crippen LogP contribution in [0.2, 0.25) is 0 Å². The largest absolute Gasteiger partial charge is 0.464 e. The van der Waals surface area contributed by atoms with E-state index in [1.807, 2.05) is 0 Å². The van der Waals surface area contributed by atoms with Gasteiger partial charge in [-0.3, -0.25) is 4.98 Å². The number of aromatic nitrogens is 2. The number of alkyl halides is 3. The number of carbonyl (C=O) groups is 1. The van der Waals surface area contributed by atoms with Crippen molar-refractivity contribution in [2.75, 3.05) is 25.6 Å². The van der Waals surface area contributed by atoms with Gasteiger partial charge in [0.15, 0.2) is 5.69 Å². The van der Waals surface area contributed by atoms with Gasteiger partial charge in [-0.05, 0) is 0 Å². The lowest BCUT2D eigenvalue weighted by Gasteiger charge is -2.18. The molecule has 18 heavy (non-hydrogen) atoms. The highest BCUT2D eigenvalue weighted by Crippen LogP contribution is 2.20. The van der Waals surface area contributed by atoms with Crippen LogP contribution in [-0.2, 0) is 4.74 Å². The molecule has 0 atom stereocenters. The molecule has 0 spiro atoms. The fourth-order valence-electron chi connectivity index (χ4n) is 1.15. The molecule has 100 valence electrons. The van der Waals surface area contributed by atoms with Crippen molar-refractivity contribution >= 4 is 11.8 Å². The monoisotopic (exact) mass is 263 g/mol. The highest BCUT2D eigenvalue weighted by atomic mass is 19.4. The topological polar surface area (TPSA) is 55.3 Å². The van der Waals surface area contributed by atoms with Crippen molar-refractivity contribution in [3.05, 3.63) is 18.1 Å². The summed E-state index contributed by atoms with van der Waals surface area (Å²) in [4.78, 5) is 20.1. The number of methoxy groups -OCH3 is 1. The minimum Gasteiger partial charge on any atom is -0.464 e. The second-order valence-electron chi connectivity index (χ2n) is 3.54. The first kappa shape index (κ1) is 14.2. The molecule has 0 N–H and O–H groups in total. The molecule has 5 nitrogen and oxygen atoms in total. The third-order valence-electron chi connectivity index (χ3n) is 2.14. The number of carbonyl (C=O) groups excluding carboxylic acids is 1. The molecular formula is C10H12F3N3O2. The summed E-state index contributed by atoms with van der Waals surface area (Å²) in [7, 11) is 2.63. The van der Waals surface area contributed by atoms with Gasteiger partial charge in [-0.2, -0.15) is 13.2 Å². The third-order valence-corrected chi connectivity index (χ3v) is 2.14. The second-order valence-corrected chi connectivity index (χ2v) is 3.54. The Kier molecular flexibility index (Phi) is 4.46. The first-order valence-electron chi connectivity index (χ1n) is 5.02. The van der Waals surface area contributed by atoms with Gasteiger partial charge in [-0.1, -0.05) is 0 Å². The molecule has 0 aliphatic rings. The Morgan fingerprint density at radius 2 is 2.11 bits per heavy atom. The average Bonchev–Trinajstić information content (AvgIpc) is 2.34. The molecule has 1 aromatic rings. The van der Waals surface area contributed by atoms with Crippen molar-refractivity contribution in [3.8, 4) is 0 Å². The van der Waals surface area contributed by atoms with Gasteiger partial charge >= 0.3 is 12.1 Å². The fraction of sp³-hybridized carbons (Fsp3) is 0.500. The van der Waals surface area contributed by atoms with Gasteiger partial charge in [0.25, 0.3) is 0 Å². The zero-order valence-corrected chi connectivity index (χ0v) is 9.86. The van der Waals surface area contributed by atoms with Crippen LogP contribution >= 0.6 is 0 Å². The fourth-order valence-corrected chi connectivity index (χ4v) is 1.15. The molecule has 1 rings (SSSR count). The predicted molar refractivity (Wildman–Crippen MR) is 57.3 cm³/mol. The van der Waals surface area contributed by atoms with Gasteiger partial charge in [0.2, 0.25) is 0 Å². The maximum absolute atomic E-state index is 12.1. The first-order valence-corrected chi connectivity index (χ1v) is 5.02. The zero-order valence-electron chi connectivity index (χ0n) is 9.86. The number of anilines is 1. The Morgan fingerprint density at radius 3 is 2.67 bits per heavy atom. The number of hydrogen-bond acceptors (Lipinski definition) is 5. The van der Waals surface area contributed by atoms with E-state index in [1.54, 1.807) is 0 Å². The summed E-state index contributed by atoms with van der Waals surface area (Å²) in [6, 6.07) is 0. The molecule has 0 fully saturated rings. The maximum atomic E-state index is 12.1. The van der Waals surface area contributed by atoms with E-state index < -0.39 is 18.6 Å². The van der Waals surface area contributed by atoms with E-state index in [0.717, 1.165) is 0 Å². The Morgan fingerprint density at radius 1 is 1.44 bits per heavy atom. The van der Waals surface area contributed by atoms with Crippen molar-refractivity contribution in [2.24, 2.45) is 0 Å². The Labute approximate surface area is 102 Å². The molecule has 8 heteroatoms. The number of halogens is 3. The molecule has 0 bridgehead atoms. The standard InChI is InChI=1S/C10H12F3N3O2/c1-16(4-3-10(11,12)13)8-6-14-5-7(15-8)9(17)18-2/h5-6H,3-4H2,1-2H3. The van der Waals surface area contributed by atoms with Gasteiger partial charge in [0, 0.05) is 13.6 Å². The first-order chi connectivity index (χ1) is 8.33. The molecule has 1 aromatic heterocycles. The van der Waals surface area contributed by atoms with Gasteiger partial charge < -0.3 is 9.64 Å². The molecule has 0 radical (unpaired) electrons.